The predicted octanol–water partition coefficient (Wildman–Crippen LogP) is 2.06. The van der Waals surface area contributed by atoms with Crippen molar-refractivity contribution in [3.8, 4) is 0 Å². The van der Waals surface area contributed by atoms with Crippen LogP contribution in [0.15, 0.2) is 6.33 Å². The lowest BCUT2D eigenvalue weighted by Crippen LogP contribution is -2.00. The molecule has 72 valence electrons. The number of nitrogens with two attached hydrogens (primary N) is 1. The van der Waals surface area contributed by atoms with Crippen LogP contribution in [0.1, 0.15) is 18.4 Å². The van der Waals surface area contributed by atoms with Crippen molar-refractivity contribution in [3.63, 3.8) is 0 Å². The topological polar surface area (TPSA) is 51.8 Å². The van der Waals surface area contributed by atoms with Gasteiger partial charge in [-0.25, -0.2) is 9.97 Å². The molecule has 0 aromatic carbocycles. The summed E-state index contributed by atoms with van der Waals surface area (Å²) in [5, 5.41) is 0.883. The molecule has 0 amide bonds. The Morgan fingerprint density at radius 1 is 1.15 bits per heavy atom. The molecule has 1 rings (SSSR count). The zero-order valence-electron chi connectivity index (χ0n) is 7.13. The highest BCUT2D eigenvalue weighted by atomic mass is 35.5. The minimum absolute atomic E-state index is 0.442. The fraction of sp³-hybridized carbons (Fsp3) is 0.500. The lowest BCUT2D eigenvalue weighted by molar-refractivity contribution is 0.740. The molecule has 0 aliphatic heterocycles. The van der Waals surface area contributed by atoms with Crippen molar-refractivity contribution in [2.75, 3.05) is 6.54 Å². The van der Waals surface area contributed by atoms with E-state index in [0.717, 1.165) is 24.8 Å². The molecule has 3 nitrogen and oxygen atoms in total. The first-order valence-corrected chi connectivity index (χ1v) is 4.86. The summed E-state index contributed by atoms with van der Waals surface area (Å²) in [5.74, 6) is 0. The number of unbranched alkanes of at least 4 members (excludes halogenated alkanes) is 1. The molecule has 0 aliphatic carbocycles. The van der Waals surface area contributed by atoms with E-state index in [4.69, 9.17) is 28.9 Å². The van der Waals surface area contributed by atoms with Crippen molar-refractivity contribution in [2.45, 2.75) is 19.3 Å². The van der Waals surface area contributed by atoms with Crippen LogP contribution in [0.3, 0.4) is 0 Å². The van der Waals surface area contributed by atoms with E-state index < -0.39 is 0 Å². The first-order valence-electron chi connectivity index (χ1n) is 4.10. The summed E-state index contributed by atoms with van der Waals surface area (Å²) >= 11 is 11.7. The van der Waals surface area contributed by atoms with Crippen molar-refractivity contribution in [1.82, 2.24) is 9.97 Å². The summed E-state index contributed by atoms with van der Waals surface area (Å²) in [4.78, 5) is 7.71. The average Bonchev–Trinajstić information content (AvgIpc) is 2.10. The van der Waals surface area contributed by atoms with Gasteiger partial charge in [0.05, 0.1) is 0 Å². The van der Waals surface area contributed by atoms with Crippen molar-refractivity contribution < 1.29 is 0 Å². The molecule has 0 spiro atoms. The molecular weight excluding hydrogens is 209 g/mol. The van der Waals surface area contributed by atoms with E-state index in [2.05, 4.69) is 9.97 Å². The van der Waals surface area contributed by atoms with Crippen molar-refractivity contribution in [1.29, 1.82) is 0 Å². The molecule has 0 saturated heterocycles. The predicted molar refractivity (Wildman–Crippen MR) is 54.0 cm³/mol. The van der Waals surface area contributed by atoms with Crippen LogP contribution in [-0.2, 0) is 6.42 Å². The third kappa shape index (κ3) is 3.10. The van der Waals surface area contributed by atoms with E-state index >= 15 is 0 Å². The molecule has 0 aliphatic rings. The van der Waals surface area contributed by atoms with Gasteiger partial charge in [0.2, 0.25) is 0 Å². The van der Waals surface area contributed by atoms with E-state index in [1.807, 2.05) is 0 Å². The molecule has 5 heteroatoms. The van der Waals surface area contributed by atoms with Crippen LogP contribution < -0.4 is 5.73 Å². The summed E-state index contributed by atoms with van der Waals surface area (Å²) in [6, 6.07) is 0. The SMILES string of the molecule is NCCCCc1c(Cl)ncnc1Cl. The maximum absolute atomic E-state index is 5.84. The maximum atomic E-state index is 5.84. The molecule has 1 aromatic rings. The Labute approximate surface area is 87.3 Å². The molecule has 2 N–H and O–H groups in total. The molecule has 1 heterocycles. The number of halogens is 2. The lowest BCUT2D eigenvalue weighted by Gasteiger charge is -2.03. The van der Waals surface area contributed by atoms with E-state index in [-0.39, 0.29) is 0 Å². The quantitative estimate of drug-likeness (QED) is 0.624. The summed E-state index contributed by atoms with van der Waals surface area (Å²) in [7, 11) is 0. The Bertz CT molecular complexity index is 258. The van der Waals surface area contributed by atoms with Gasteiger partial charge in [-0.3, -0.25) is 0 Å². The molecule has 0 fully saturated rings. The second kappa shape index (κ2) is 5.37. The average molecular weight is 220 g/mol. The van der Waals surface area contributed by atoms with Gasteiger partial charge in [0.25, 0.3) is 0 Å². The van der Waals surface area contributed by atoms with Crippen LogP contribution in [0.4, 0.5) is 0 Å². The van der Waals surface area contributed by atoms with Crippen LogP contribution in [0.25, 0.3) is 0 Å². The minimum Gasteiger partial charge on any atom is -0.330 e. The van der Waals surface area contributed by atoms with Gasteiger partial charge < -0.3 is 5.73 Å². The standard InChI is InChI=1S/C8H11Cl2N3/c9-7-6(3-1-2-4-11)8(10)13-5-12-7/h5H,1-4,11H2. The lowest BCUT2D eigenvalue weighted by atomic mass is 10.1. The Balaban J connectivity index is 2.64. The molecule has 13 heavy (non-hydrogen) atoms. The molecule has 0 unspecified atom stereocenters. The van der Waals surface area contributed by atoms with Gasteiger partial charge in [-0.2, -0.15) is 0 Å². The molecule has 0 atom stereocenters. The highest BCUT2D eigenvalue weighted by Crippen LogP contribution is 2.21. The number of nitrogens with zero attached hydrogens (tertiary/aromatic N) is 2. The first-order chi connectivity index (χ1) is 6.25. The maximum Gasteiger partial charge on any atom is 0.137 e. The van der Waals surface area contributed by atoms with Gasteiger partial charge in [-0.15, -0.1) is 0 Å². The zero-order chi connectivity index (χ0) is 9.68. The normalized spacial score (nSPS) is 10.4. The smallest absolute Gasteiger partial charge is 0.137 e. The van der Waals surface area contributed by atoms with Gasteiger partial charge in [-0.05, 0) is 25.8 Å². The number of aromatic nitrogens is 2. The Morgan fingerprint density at radius 2 is 1.77 bits per heavy atom. The second-order valence-corrected chi connectivity index (χ2v) is 3.40. The van der Waals surface area contributed by atoms with Gasteiger partial charge in [-0.1, -0.05) is 23.2 Å². The van der Waals surface area contributed by atoms with Crippen LogP contribution in [0.2, 0.25) is 10.3 Å². The minimum atomic E-state index is 0.442. The zero-order valence-corrected chi connectivity index (χ0v) is 8.65. The van der Waals surface area contributed by atoms with Crippen LogP contribution >= 0.6 is 23.2 Å². The summed E-state index contributed by atoms with van der Waals surface area (Å²) in [5.41, 5.74) is 6.19. The highest BCUT2D eigenvalue weighted by Gasteiger charge is 2.06. The van der Waals surface area contributed by atoms with Crippen molar-refractivity contribution in [2.24, 2.45) is 5.73 Å². The van der Waals surface area contributed by atoms with Gasteiger partial charge in [0.1, 0.15) is 16.6 Å². The van der Waals surface area contributed by atoms with E-state index in [1.165, 1.54) is 6.33 Å². The summed E-state index contributed by atoms with van der Waals surface area (Å²) in [6.07, 6.45) is 4.07. The molecule has 0 radical (unpaired) electrons. The summed E-state index contributed by atoms with van der Waals surface area (Å²) in [6.45, 7) is 0.683. The molecule has 0 bridgehead atoms. The van der Waals surface area contributed by atoms with Crippen LogP contribution in [0, 0.1) is 0 Å². The number of hydrogen-bond donors (Lipinski definition) is 1. The fourth-order valence-corrected chi connectivity index (χ4v) is 1.53. The monoisotopic (exact) mass is 219 g/mol. The first kappa shape index (κ1) is 10.7. The van der Waals surface area contributed by atoms with Gasteiger partial charge in [0, 0.05) is 5.56 Å². The number of rotatable bonds is 4. The van der Waals surface area contributed by atoms with E-state index in [0.29, 0.717) is 16.9 Å². The molecular formula is C8H11Cl2N3. The van der Waals surface area contributed by atoms with Gasteiger partial charge >= 0.3 is 0 Å². The number of hydrogen-bond acceptors (Lipinski definition) is 3. The van der Waals surface area contributed by atoms with E-state index in [9.17, 15) is 0 Å². The van der Waals surface area contributed by atoms with Gasteiger partial charge in [0.15, 0.2) is 0 Å². The molecule has 1 aromatic heterocycles. The Kier molecular flexibility index (Phi) is 4.42. The Hall–Kier alpha value is -0.380. The van der Waals surface area contributed by atoms with Crippen LogP contribution in [-0.4, -0.2) is 16.5 Å². The van der Waals surface area contributed by atoms with Crippen molar-refractivity contribution >= 4 is 23.2 Å². The third-order valence-corrected chi connectivity index (χ3v) is 2.37. The molecule has 0 saturated carbocycles. The largest absolute Gasteiger partial charge is 0.330 e. The van der Waals surface area contributed by atoms with Crippen molar-refractivity contribution in [3.05, 3.63) is 22.2 Å². The van der Waals surface area contributed by atoms with E-state index in [1.54, 1.807) is 0 Å². The third-order valence-electron chi connectivity index (χ3n) is 1.72. The second-order valence-electron chi connectivity index (χ2n) is 2.68. The fourth-order valence-electron chi connectivity index (χ4n) is 1.02. The Morgan fingerprint density at radius 3 is 2.31 bits per heavy atom. The summed E-state index contributed by atoms with van der Waals surface area (Å²) < 4.78 is 0. The van der Waals surface area contributed by atoms with Crippen LogP contribution in [0.5, 0.6) is 0 Å². The highest BCUT2D eigenvalue weighted by molar-refractivity contribution is 6.34.